The van der Waals surface area contributed by atoms with Crippen molar-refractivity contribution in [3.8, 4) is 0 Å². The first kappa shape index (κ1) is 13.0. The number of fused-ring (bicyclic) bond motifs is 3. The third kappa shape index (κ3) is 2.36. The van der Waals surface area contributed by atoms with Gasteiger partial charge in [0, 0.05) is 16.3 Å². The minimum Gasteiger partial charge on any atom is -0.456 e. The van der Waals surface area contributed by atoms with Crippen LogP contribution in [0.1, 0.15) is 23.2 Å². The van der Waals surface area contributed by atoms with Crippen LogP contribution in [0.15, 0.2) is 46.9 Å². The molecule has 106 valence electrons. The molecule has 0 bridgehead atoms. The van der Waals surface area contributed by atoms with E-state index in [-0.39, 0.29) is 5.78 Å². The summed E-state index contributed by atoms with van der Waals surface area (Å²) >= 11 is 0. The van der Waals surface area contributed by atoms with Crippen LogP contribution < -0.4 is 0 Å². The van der Waals surface area contributed by atoms with Crippen molar-refractivity contribution in [3.63, 3.8) is 0 Å². The molecule has 1 aliphatic rings. The number of carbonyl (C=O) groups excluding carboxylic acids is 1. The molecule has 2 nitrogen and oxygen atoms in total. The molecular formula is C18H17O2S+. The van der Waals surface area contributed by atoms with Crippen LogP contribution >= 0.6 is 0 Å². The fourth-order valence-electron chi connectivity index (χ4n) is 3.03. The standard InChI is InChI=1S/C18H17O2S/c19-16(12-21-9-3-4-10-21)13-7-8-15-14-5-1-2-6-17(14)20-18(15)11-13/h1-2,5-8,11H,3-4,9-10,12H2/q+1. The molecule has 4 rings (SSSR count). The van der Waals surface area contributed by atoms with E-state index in [4.69, 9.17) is 4.42 Å². The molecule has 0 spiro atoms. The zero-order chi connectivity index (χ0) is 14.2. The summed E-state index contributed by atoms with van der Waals surface area (Å²) in [7, 11) is 0.314. The smallest absolute Gasteiger partial charge is 0.211 e. The summed E-state index contributed by atoms with van der Waals surface area (Å²) in [4.78, 5) is 12.4. The molecule has 1 aromatic heterocycles. The van der Waals surface area contributed by atoms with Gasteiger partial charge >= 0.3 is 0 Å². The highest BCUT2D eigenvalue weighted by Crippen LogP contribution is 2.29. The minimum atomic E-state index is 0.266. The molecule has 1 aliphatic heterocycles. The third-order valence-corrected chi connectivity index (χ3v) is 6.55. The highest BCUT2D eigenvalue weighted by Gasteiger charge is 2.27. The highest BCUT2D eigenvalue weighted by atomic mass is 32.2. The van der Waals surface area contributed by atoms with Gasteiger partial charge in [-0.05, 0) is 41.9 Å². The Morgan fingerprint density at radius 1 is 1.00 bits per heavy atom. The van der Waals surface area contributed by atoms with Crippen molar-refractivity contribution in [3.05, 3.63) is 48.0 Å². The van der Waals surface area contributed by atoms with E-state index in [1.165, 1.54) is 24.3 Å². The molecule has 0 N–H and O–H groups in total. The Morgan fingerprint density at radius 3 is 2.62 bits per heavy atom. The van der Waals surface area contributed by atoms with Crippen molar-refractivity contribution < 1.29 is 9.21 Å². The van der Waals surface area contributed by atoms with Crippen LogP contribution in [0.4, 0.5) is 0 Å². The zero-order valence-corrected chi connectivity index (χ0v) is 12.6. The van der Waals surface area contributed by atoms with E-state index >= 15 is 0 Å². The van der Waals surface area contributed by atoms with Gasteiger partial charge in [-0.25, -0.2) is 0 Å². The normalized spacial score (nSPS) is 16.0. The molecule has 21 heavy (non-hydrogen) atoms. The predicted molar refractivity (Wildman–Crippen MR) is 89.3 cm³/mol. The average molecular weight is 297 g/mol. The van der Waals surface area contributed by atoms with Gasteiger partial charge in [-0.1, -0.05) is 24.3 Å². The van der Waals surface area contributed by atoms with Crippen LogP contribution in [-0.4, -0.2) is 23.0 Å². The number of hydrogen-bond donors (Lipinski definition) is 0. The summed E-state index contributed by atoms with van der Waals surface area (Å²) in [6.07, 6.45) is 2.58. The average Bonchev–Trinajstić information content (AvgIpc) is 3.13. The molecule has 3 heteroatoms. The number of rotatable bonds is 3. The van der Waals surface area contributed by atoms with Gasteiger partial charge in [-0.3, -0.25) is 4.79 Å². The number of ketones is 1. The zero-order valence-electron chi connectivity index (χ0n) is 11.8. The lowest BCUT2D eigenvalue weighted by atomic mass is 10.1. The Hall–Kier alpha value is -1.74. The molecule has 3 aromatic rings. The van der Waals surface area contributed by atoms with Crippen molar-refractivity contribution in [2.24, 2.45) is 0 Å². The molecule has 0 saturated carbocycles. The lowest BCUT2D eigenvalue weighted by Crippen LogP contribution is -2.17. The summed E-state index contributed by atoms with van der Waals surface area (Å²) in [5.41, 5.74) is 2.49. The topological polar surface area (TPSA) is 30.2 Å². The van der Waals surface area contributed by atoms with Crippen molar-refractivity contribution in [1.82, 2.24) is 0 Å². The number of furan rings is 1. The van der Waals surface area contributed by atoms with E-state index < -0.39 is 0 Å². The predicted octanol–water partition coefficient (Wildman–Crippen LogP) is 4.18. The largest absolute Gasteiger partial charge is 0.456 e. The van der Waals surface area contributed by atoms with E-state index in [0.29, 0.717) is 16.6 Å². The molecule has 2 heterocycles. The highest BCUT2D eigenvalue weighted by molar-refractivity contribution is 7.97. The van der Waals surface area contributed by atoms with Crippen molar-refractivity contribution in [2.45, 2.75) is 12.8 Å². The Labute approximate surface area is 126 Å². The van der Waals surface area contributed by atoms with Crippen LogP contribution in [-0.2, 0) is 10.9 Å². The van der Waals surface area contributed by atoms with Crippen molar-refractivity contribution in [2.75, 3.05) is 17.3 Å². The Morgan fingerprint density at radius 2 is 1.76 bits per heavy atom. The van der Waals surface area contributed by atoms with Gasteiger partial charge in [-0.15, -0.1) is 0 Å². The maximum atomic E-state index is 12.4. The van der Waals surface area contributed by atoms with Crippen LogP contribution in [0.2, 0.25) is 0 Å². The van der Waals surface area contributed by atoms with Gasteiger partial charge in [0.1, 0.15) is 22.7 Å². The Bertz CT molecular complexity index is 812. The van der Waals surface area contributed by atoms with Crippen molar-refractivity contribution >= 4 is 38.6 Å². The lowest BCUT2D eigenvalue weighted by molar-refractivity contribution is 0.102. The SMILES string of the molecule is O=C(C[S+]1CCCC1)c1ccc2c(c1)oc1ccccc12. The first-order valence-electron chi connectivity index (χ1n) is 7.40. The summed E-state index contributed by atoms with van der Waals surface area (Å²) < 4.78 is 5.86. The van der Waals surface area contributed by atoms with Crippen LogP contribution in [0.3, 0.4) is 0 Å². The van der Waals surface area contributed by atoms with Gasteiger partial charge in [0.2, 0.25) is 5.78 Å². The molecule has 0 aliphatic carbocycles. The molecule has 2 aromatic carbocycles. The lowest BCUT2D eigenvalue weighted by Gasteiger charge is -2.01. The number of hydrogen-bond acceptors (Lipinski definition) is 2. The van der Waals surface area contributed by atoms with E-state index in [0.717, 1.165) is 27.5 Å². The van der Waals surface area contributed by atoms with Crippen molar-refractivity contribution in [1.29, 1.82) is 0 Å². The second-order valence-corrected chi connectivity index (χ2v) is 7.93. The van der Waals surface area contributed by atoms with Crippen LogP contribution in [0, 0.1) is 0 Å². The van der Waals surface area contributed by atoms with Gasteiger partial charge in [0.15, 0.2) is 5.75 Å². The minimum absolute atomic E-state index is 0.266. The molecule has 0 amide bonds. The van der Waals surface area contributed by atoms with E-state index in [1.807, 2.05) is 36.4 Å². The first-order valence-corrected chi connectivity index (χ1v) is 9.13. The van der Waals surface area contributed by atoms with Gasteiger partial charge in [0.25, 0.3) is 0 Å². The second kappa shape index (κ2) is 5.23. The van der Waals surface area contributed by atoms with E-state index in [9.17, 15) is 4.79 Å². The second-order valence-electron chi connectivity index (χ2n) is 5.60. The number of carbonyl (C=O) groups is 1. The van der Waals surface area contributed by atoms with Gasteiger partial charge < -0.3 is 4.42 Å². The summed E-state index contributed by atoms with van der Waals surface area (Å²) in [5.74, 6) is 3.45. The maximum absolute atomic E-state index is 12.4. The molecule has 0 radical (unpaired) electrons. The molecular weight excluding hydrogens is 280 g/mol. The van der Waals surface area contributed by atoms with Crippen LogP contribution in [0.25, 0.3) is 21.9 Å². The number of benzene rings is 2. The number of para-hydroxylation sites is 1. The van der Waals surface area contributed by atoms with E-state index in [2.05, 4.69) is 6.07 Å². The van der Waals surface area contributed by atoms with Crippen LogP contribution in [0.5, 0.6) is 0 Å². The number of Topliss-reactive ketones (excluding diaryl/α,β-unsaturated/α-hetero) is 1. The Balaban J connectivity index is 1.69. The van der Waals surface area contributed by atoms with Gasteiger partial charge in [0.05, 0.1) is 0 Å². The summed E-state index contributed by atoms with van der Waals surface area (Å²) in [6.45, 7) is 0. The Kier molecular flexibility index (Phi) is 3.23. The summed E-state index contributed by atoms with van der Waals surface area (Å²) in [6, 6.07) is 13.9. The molecule has 0 atom stereocenters. The van der Waals surface area contributed by atoms with Gasteiger partial charge in [-0.2, -0.15) is 0 Å². The maximum Gasteiger partial charge on any atom is 0.211 e. The third-order valence-electron chi connectivity index (χ3n) is 4.15. The molecule has 1 fully saturated rings. The monoisotopic (exact) mass is 297 g/mol. The van der Waals surface area contributed by atoms with E-state index in [1.54, 1.807) is 0 Å². The molecule has 0 unspecified atom stereocenters. The fraction of sp³-hybridized carbons (Fsp3) is 0.278. The quantitative estimate of drug-likeness (QED) is 0.536. The first-order chi connectivity index (χ1) is 10.3. The fourth-order valence-corrected chi connectivity index (χ4v) is 5.28. The molecule has 1 saturated heterocycles. The summed E-state index contributed by atoms with van der Waals surface area (Å²) in [5, 5.41) is 2.20.